The van der Waals surface area contributed by atoms with Crippen molar-refractivity contribution in [3.63, 3.8) is 0 Å². The molecule has 0 rings (SSSR count). The van der Waals surface area contributed by atoms with Crippen molar-refractivity contribution in [1.29, 1.82) is 0 Å². The average molecular weight is 330 g/mol. The molecule has 4 heteroatoms. The summed E-state index contributed by atoms with van der Waals surface area (Å²) in [6.07, 6.45) is 0. The maximum absolute atomic E-state index is 2.18. The summed E-state index contributed by atoms with van der Waals surface area (Å²) in [5.74, 6) is 0. The summed E-state index contributed by atoms with van der Waals surface area (Å²) in [5.41, 5.74) is 0. The molecule has 0 saturated heterocycles. The highest BCUT2D eigenvalue weighted by Crippen LogP contribution is 1.83. The number of hydrogen-bond donors (Lipinski definition) is 0. The van der Waals surface area contributed by atoms with E-state index in [0.29, 0.717) is 0 Å². The summed E-state index contributed by atoms with van der Waals surface area (Å²) in [6, 6.07) is 0. The van der Waals surface area contributed by atoms with Gasteiger partial charge in [-0.2, -0.15) is 0 Å². The Labute approximate surface area is 89.7 Å². The SMILES string of the molecule is Br.Br.CC[N+](C)(C)C.[Br-]. The maximum Gasteiger partial charge on any atom is 0.0751 e. The molecule has 0 aliphatic rings. The van der Waals surface area contributed by atoms with Crippen LogP contribution in [0.5, 0.6) is 0 Å². The second-order valence-corrected chi connectivity index (χ2v) is 2.61. The topological polar surface area (TPSA) is 0 Å². The van der Waals surface area contributed by atoms with Crippen molar-refractivity contribution in [2.75, 3.05) is 27.7 Å². The van der Waals surface area contributed by atoms with E-state index in [1.807, 2.05) is 0 Å². The minimum atomic E-state index is 0. The molecule has 0 heterocycles. The van der Waals surface area contributed by atoms with Gasteiger partial charge in [0.2, 0.25) is 0 Å². The summed E-state index contributed by atoms with van der Waals surface area (Å²) < 4.78 is 1.07. The van der Waals surface area contributed by atoms with E-state index in [-0.39, 0.29) is 50.9 Å². The molecule has 0 bridgehead atoms. The van der Waals surface area contributed by atoms with Crippen LogP contribution in [0.1, 0.15) is 6.92 Å². The molecular weight excluding hydrogens is 314 g/mol. The third-order valence-electron chi connectivity index (χ3n) is 0.949. The first kappa shape index (κ1) is 22.4. The smallest absolute Gasteiger partial charge is 0.0751 e. The van der Waals surface area contributed by atoms with Gasteiger partial charge in [-0.25, -0.2) is 0 Å². The Bertz CT molecular complexity index is 42.0. The summed E-state index contributed by atoms with van der Waals surface area (Å²) >= 11 is 0. The standard InChI is InChI=1S/C5H14N.3BrH/c1-5-6(2,3)4;;;/h5H2,1-4H3;3*1H/q+1;;;/p-1. The van der Waals surface area contributed by atoms with Crippen LogP contribution in [0.3, 0.4) is 0 Å². The van der Waals surface area contributed by atoms with Crippen LogP contribution < -0.4 is 17.0 Å². The highest BCUT2D eigenvalue weighted by Gasteiger charge is 1.97. The van der Waals surface area contributed by atoms with Gasteiger partial charge in [-0.1, -0.05) is 0 Å². The van der Waals surface area contributed by atoms with Crippen molar-refractivity contribution in [1.82, 2.24) is 0 Å². The van der Waals surface area contributed by atoms with E-state index in [4.69, 9.17) is 0 Å². The normalized spacial score (nSPS) is 8.00. The number of quaternary nitrogens is 1. The Balaban J connectivity index is -0.0000000417. The van der Waals surface area contributed by atoms with Gasteiger partial charge in [0, 0.05) is 0 Å². The molecule has 0 aromatic heterocycles. The largest absolute Gasteiger partial charge is 1.00 e. The molecule has 0 spiro atoms. The average Bonchev–Trinajstić information content (AvgIpc) is 1.35. The van der Waals surface area contributed by atoms with Crippen LogP contribution in [0.4, 0.5) is 0 Å². The van der Waals surface area contributed by atoms with Gasteiger partial charge in [0.15, 0.2) is 0 Å². The first-order valence-electron chi connectivity index (χ1n) is 2.36. The zero-order valence-corrected chi connectivity index (χ0v) is 11.4. The van der Waals surface area contributed by atoms with Gasteiger partial charge in [-0.05, 0) is 6.92 Å². The van der Waals surface area contributed by atoms with Crippen molar-refractivity contribution in [3.8, 4) is 0 Å². The summed E-state index contributed by atoms with van der Waals surface area (Å²) in [6.45, 7) is 3.39. The van der Waals surface area contributed by atoms with Gasteiger partial charge < -0.3 is 21.5 Å². The van der Waals surface area contributed by atoms with Crippen molar-refractivity contribution >= 4 is 34.0 Å². The van der Waals surface area contributed by atoms with Gasteiger partial charge in [0.1, 0.15) is 0 Å². The summed E-state index contributed by atoms with van der Waals surface area (Å²) in [5, 5.41) is 0. The van der Waals surface area contributed by atoms with Crippen LogP contribution in [-0.4, -0.2) is 32.2 Å². The Kier molecular flexibility index (Phi) is 23.4. The third kappa shape index (κ3) is 26.6. The zero-order valence-electron chi connectivity index (χ0n) is 6.35. The molecule has 0 fully saturated rings. The van der Waals surface area contributed by atoms with E-state index in [2.05, 4.69) is 28.1 Å². The lowest BCUT2D eigenvalue weighted by Crippen LogP contribution is -3.00. The second-order valence-electron chi connectivity index (χ2n) is 2.61. The van der Waals surface area contributed by atoms with Crippen LogP contribution in [0.25, 0.3) is 0 Å². The van der Waals surface area contributed by atoms with Crippen LogP contribution >= 0.6 is 34.0 Å². The molecule has 0 aliphatic heterocycles. The molecule has 0 N–H and O–H groups in total. The molecule has 0 saturated carbocycles. The Morgan fingerprint density at radius 3 is 1.11 bits per heavy atom. The van der Waals surface area contributed by atoms with E-state index in [1.165, 1.54) is 6.54 Å². The first-order valence-corrected chi connectivity index (χ1v) is 2.36. The van der Waals surface area contributed by atoms with Gasteiger partial charge in [0.25, 0.3) is 0 Å². The van der Waals surface area contributed by atoms with E-state index >= 15 is 0 Å². The summed E-state index contributed by atoms with van der Waals surface area (Å²) in [4.78, 5) is 0. The fourth-order valence-electron chi connectivity index (χ4n) is 0. The minimum Gasteiger partial charge on any atom is -1.00 e. The fraction of sp³-hybridized carbons (Fsp3) is 1.00. The minimum absolute atomic E-state index is 0. The zero-order chi connectivity index (χ0) is 5.21. The molecule has 0 atom stereocenters. The molecule has 0 aliphatic carbocycles. The second kappa shape index (κ2) is 9.40. The molecule has 0 aromatic rings. The number of halogens is 3. The summed E-state index contributed by atoms with van der Waals surface area (Å²) in [7, 11) is 6.54. The lowest BCUT2D eigenvalue weighted by molar-refractivity contribution is -0.868. The molecule has 62 valence electrons. The number of hydrogen-bond acceptors (Lipinski definition) is 0. The monoisotopic (exact) mass is 327 g/mol. The fourth-order valence-corrected chi connectivity index (χ4v) is 0. The predicted octanol–water partition coefficient (Wildman–Crippen LogP) is -1.13. The maximum atomic E-state index is 2.18. The number of rotatable bonds is 1. The van der Waals surface area contributed by atoms with Crippen LogP contribution in [0.2, 0.25) is 0 Å². The van der Waals surface area contributed by atoms with Gasteiger partial charge in [-0.3, -0.25) is 0 Å². The van der Waals surface area contributed by atoms with Crippen LogP contribution in [0.15, 0.2) is 0 Å². The lowest BCUT2D eigenvalue weighted by Gasteiger charge is -2.20. The Hall–Kier alpha value is 1.40. The first-order chi connectivity index (χ1) is 2.56. The van der Waals surface area contributed by atoms with E-state index in [0.717, 1.165) is 4.48 Å². The van der Waals surface area contributed by atoms with E-state index < -0.39 is 0 Å². The molecular formula is C5H16Br3N. The third-order valence-corrected chi connectivity index (χ3v) is 0.949. The quantitative estimate of drug-likeness (QED) is 0.534. The lowest BCUT2D eigenvalue weighted by atomic mass is 10.6. The molecule has 0 aromatic carbocycles. The highest BCUT2D eigenvalue weighted by atomic mass is 79.9. The van der Waals surface area contributed by atoms with Crippen LogP contribution in [0, 0.1) is 0 Å². The van der Waals surface area contributed by atoms with Crippen molar-refractivity contribution in [2.24, 2.45) is 0 Å². The Morgan fingerprint density at radius 1 is 1.00 bits per heavy atom. The van der Waals surface area contributed by atoms with Gasteiger partial charge in [0.05, 0.1) is 27.7 Å². The predicted molar refractivity (Wildman–Crippen MR) is 49.2 cm³/mol. The highest BCUT2D eigenvalue weighted by molar-refractivity contribution is 8.93. The van der Waals surface area contributed by atoms with E-state index in [9.17, 15) is 0 Å². The molecule has 1 nitrogen and oxygen atoms in total. The Morgan fingerprint density at radius 2 is 1.11 bits per heavy atom. The number of nitrogens with zero attached hydrogens (tertiary/aromatic N) is 1. The molecule has 0 unspecified atom stereocenters. The van der Waals surface area contributed by atoms with Crippen LogP contribution in [-0.2, 0) is 0 Å². The molecule has 0 radical (unpaired) electrons. The van der Waals surface area contributed by atoms with Crippen molar-refractivity contribution in [2.45, 2.75) is 6.92 Å². The van der Waals surface area contributed by atoms with Gasteiger partial charge in [-0.15, -0.1) is 34.0 Å². The van der Waals surface area contributed by atoms with Crippen molar-refractivity contribution in [3.05, 3.63) is 0 Å². The molecule has 0 amide bonds. The van der Waals surface area contributed by atoms with E-state index in [1.54, 1.807) is 0 Å². The van der Waals surface area contributed by atoms with Gasteiger partial charge >= 0.3 is 0 Å². The van der Waals surface area contributed by atoms with Crippen molar-refractivity contribution < 1.29 is 21.5 Å². The molecule has 9 heavy (non-hydrogen) atoms.